The van der Waals surface area contributed by atoms with E-state index in [1.165, 1.54) is 12.1 Å². The van der Waals surface area contributed by atoms with E-state index in [9.17, 15) is 13.2 Å². The summed E-state index contributed by atoms with van der Waals surface area (Å²) in [6.45, 7) is 3.60. The van der Waals surface area contributed by atoms with Crippen molar-refractivity contribution in [1.82, 2.24) is 10.6 Å². The van der Waals surface area contributed by atoms with Crippen LogP contribution in [0.2, 0.25) is 0 Å². The maximum atomic E-state index is 13.6. The molecule has 3 rings (SSSR count). The fraction of sp³-hybridized carbons (Fsp3) is 0.632. The molecule has 1 unspecified atom stereocenters. The van der Waals surface area contributed by atoms with Gasteiger partial charge in [0.2, 0.25) is 0 Å². The highest BCUT2D eigenvalue weighted by Gasteiger charge is 2.34. The Labute approximate surface area is 186 Å². The molecular formula is C19H28F3IN4O2. The first kappa shape index (κ1) is 24.0. The van der Waals surface area contributed by atoms with Gasteiger partial charge < -0.3 is 25.0 Å². The van der Waals surface area contributed by atoms with Crippen LogP contribution < -0.4 is 15.5 Å². The second-order valence-electron chi connectivity index (χ2n) is 6.88. The molecule has 6 nitrogen and oxygen atoms in total. The molecule has 2 aliphatic rings. The molecule has 1 aromatic carbocycles. The number of ether oxygens (including phenoxy) is 2. The Morgan fingerprint density at radius 2 is 1.97 bits per heavy atom. The summed E-state index contributed by atoms with van der Waals surface area (Å²) in [6, 6.07) is 4.50. The van der Waals surface area contributed by atoms with Crippen LogP contribution in [0.15, 0.2) is 23.2 Å². The van der Waals surface area contributed by atoms with Gasteiger partial charge in [-0.05, 0) is 30.5 Å². The van der Waals surface area contributed by atoms with Crippen LogP contribution in [-0.2, 0) is 22.2 Å². The maximum absolute atomic E-state index is 13.6. The van der Waals surface area contributed by atoms with Crippen molar-refractivity contribution in [3.05, 3.63) is 29.3 Å². The molecule has 0 aromatic heterocycles. The number of morpholine rings is 1. The van der Waals surface area contributed by atoms with E-state index < -0.39 is 11.7 Å². The Kier molecular flexibility index (Phi) is 9.28. The van der Waals surface area contributed by atoms with Gasteiger partial charge in [-0.25, -0.2) is 0 Å². The predicted octanol–water partition coefficient (Wildman–Crippen LogP) is 3.00. The Balaban J connectivity index is 0.00000300. The summed E-state index contributed by atoms with van der Waals surface area (Å²) in [4.78, 5) is 6.00. The summed E-state index contributed by atoms with van der Waals surface area (Å²) in [7, 11) is 1.59. The largest absolute Gasteiger partial charge is 0.416 e. The summed E-state index contributed by atoms with van der Waals surface area (Å²) in [6.07, 6.45) is -2.29. The summed E-state index contributed by atoms with van der Waals surface area (Å²) < 4.78 is 51.7. The van der Waals surface area contributed by atoms with Crippen LogP contribution in [0.3, 0.4) is 0 Å². The van der Waals surface area contributed by atoms with E-state index in [-0.39, 0.29) is 42.2 Å². The molecule has 2 fully saturated rings. The van der Waals surface area contributed by atoms with E-state index in [1.807, 2.05) is 4.90 Å². The number of anilines is 1. The molecule has 1 aromatic rings. The van der Waals surface area contributed by atoms with Crippen LogP contribution in [0.1, 0.15) is 24.0 Å². The molecule has 1 atom stereocenters. The number of hydrogen-bond donors (Lipinski definition) is 2. The third-order valence-corrected chi connectivity index (χ3v) is 4.97. The lowest BCUT2D eigenvalue weighted by molar-refractivity contribution is -0.138. The quantitative estimate of drug-likeness (QED) is 0.350. The van der Waals surface area contributed by atoms with Crippen molar-refractivity contribution in [2.24, 2.45) is 4.99 Å². The van der Waals surface area contributed by atoms with Crippen molar-refractivity contribution < 1.29 is 22.6 Å². The highest BCUT2D eigenvalue weighted by Crippen LogP contribution is 2.35. The normalized spacial score (nSPS) is 20.3. The Bertz CT molecular complexity index is 676. The number of nitrogens with one attached hydrogen (secondary N) is 2. The number of nitrogens with zero attached hydrogens (tertiary/aromatic N) is 2. The Hall–Kier alpha value is -1.27. The highest BCUT2D eigenvalue weighted by atomic mass is 127. The van der Waals surface area contributed by atoms with Crippen LogP contribution in [0.4, 0.5) is 18.9 Å². The molecule has 10 heteroatoms. The van der Waals surface area contributed by atoms with Crippen LogP contribution in [0.5, 0.6) is 0 Å². The van der Waals surface area contributed by atoms with E-state index in [2.05, 4.69) is 15.6 Å². The summed E-state index contributed by atoms with van der Waals surface area (Å²) >= 11 is 0. The zero-order valence-electron chi connectivity index (χ0n) is 16.4. The average Bonchev–Trinajstić information content (AvgIpc) is 3.22. The lowest BCUT2D eigenvalue weighted by Gasteiger charge is -2.29. The predicted molar refractivity (Wildman–Crippen MR) is 117 cm³/mol. The first-order valence-electron chi connectivity index (χ1n) is 9.56. The Morgan fingerprint density at radius 1 is 1.21 bits per heavy atom. The lowest BCUT2D eigenvalue weighted by Crippen LogP contribution is -2.41. The van der Waals surface area contributed by atoms with E-state index in [0.717, 1.165) is 19.4 Å². The van der Waals surface area contributed by atoms with Crippen LogP contribution >= 0.6 is 24.0 Å². The first-order chi connectivity index (χ1) is 13.5. The molecule has 0 spiro atoms. The van der Waals surface area contributed by atoms with Gasteiger partial charge in [-0.3, -0.25) is 4.99 Å². The van der Waals surface area contributed by atoms with Crippen molar-refractivity contribution in [1.29, 1.82) is 0 Å². The van der Waals surface area contributed by atoms with Gasteiger partial charge in [0.05, 0.1) is 24.9 Å². The van der Waals surface area contributed by atoms with Gasteiger partial charge in [0.25, 0.3) is 0 Å². The summed E-state index contributed by atoms with van der Waals surface area (Å²) in [5, 5.41) is 6.08. The van der Waals surface area contributed by atoms with Crippen molar-refractivity contribution in [2.75, 3.05) is 51.4 Å². The molecule has 0 bridgehead atoms. The standard InChI is InChI=1S/C19H27F3N4O2.HI/c1-23-18(25-13-16-3-2-8-28-16)24-12-14-4-5-15(11-17(14)19(20,21)22)26-6-9-27-10-7-26;/h4-5,11,16H,2-3,6-10,12-13H2,1H3,(H2,23,24,25);1H. The van der Waals surface area contributed by atoms with Gasteiger partial charge in [-0.15, -0.1) is 24.0 Å². The number of rotatable bonds is 5. The molecular weight excluding hydrogens is 500 g/mol. The number of benzene rings is 1. The van der Waals surface area contributed by atoms with E-state index >= 15 is 0 Å². The third-order valence-electron chi connectivity index (χ3n) is 4.97. The van der Waals surface area contributed by atoms with Gasteiger partial charge in [-0.1, -0.05) is 6.07 Å². The van der Waals surface area contributed by atoms with Crippen molar-refractivity contribution >= 4 is 35.6 Å². The lowest BCUT2D eigenvalue weighted by atomic mass is 10.0. The molecule has 29 heavy (non-hydrogen) atoms. The van der Waals surface area contributed by atoms with Gasteiger partial charge in [-0.2, -0.15) is 13.2 Å². The fourth-order valence-corrected chi connectivity index (χ4v) is 3.42. The van der Waals surface area contributed by atoms with E-state index in [4.69, 9.17) is 9.47 Å². The minimum absolute atomic E-state index is 0. The molecule has 0 aliphatic carbocycles. The summed E-state index contributed by atoms with van der Waals surface area (Å²) in [5.41, 5.74) is 0.128. The van der Waals surface area contributed by atoms with Gasteiger partial charge >= 0.3 is 6.18 Å². The smallest absolute Gasteiger partial charge is 0.378 e. The second-order valence-corrected chi connectivity index (χ2v) is 6.88. The molecule has 2 N–H and O–H groups in total. The maximum Gasteiger partial charge on any atom is 0.416 e. The number of halogens is 4. The minimum Gasteiger partial charge on any atom is -0.378 e. The molecule has 2 aliphatic heterocycles. The van der Waals surface area contributed by atoms with Crippen LogP contribution in [0, 0.1) is 0 Å². The second kappa shape index (κ2) is 11.2. The highest BCUT2D eigenvalue weighted by molar-refractivity contribution is 14.0. The Morgan fingerprint density at radius 3 is 2.59 bits per heavy atom. The number of alkyl halides is 3. The topological polar surface area (TPSA) is 58.1 Å². The SMILES string of the molecule is CN=C(NCc1ccc(N2CCOCC2)cc1C(F)(F)F)NCC1CCCO1.I. The molecule has 0 saturated carbocycles. The molecule has 2 heterocycles. The van der Waals surface area contributed by atoms with Gasteiger partial charge in [0.1, 0.15) is 0 Å². The van der Waals surface area contributed by atoms with E-state index in [1.54, 1.807) is 13.1 Å². The monoisotopic (exact) mass is 528 g/mol. The van der Waals surface area contributed by atoms with E-state index in [0.29, 0.717) is 44.5 Å². The molecule has 0 radical (unpaired) electrons. The molecule has 164 valence electrons. The van der Waals surface area contributed by atoms with Crippen molar-refractivity contribution in [2.45, 2.75) is 31.7 Å². The van der Waals surface area contributed by atoms with Gasteiger partial charge in [0, 0.05) is 45.5 Å². The zero-order chi connectivity index (χ0) is 20.0. The first-order valence-corrected chi connectivity index (χ1v) is 9.56. The van der Waals surface area contributed by atoms with Gasteiger partial charge in [0.15, 0.2) is 5.96 Å². The summed E-state index contributed by atoms with van der Waals surface area (Å²) in [5.74, 6) is 0.459. The van der Waals surface area contributed by atoms with Crippen LogP contribution in [0.25, 0.3) is 0 Å². The minimum atomic E-state index is -4.42. The third kappa shape index (κ3) is 6.88. The number of hydrogen-bond acceptors (Lipinski definition) is 4. The average molecular weight is 528 g/mol. The fourth-order valence-electron chi connectivity index (χ4n) is 3.42. The van der Waals surface area contributed by atoms with Crippen LogP contribution in [-0.4, -0.2) is 58.6 Å². The molecule has 0 amide bonds. The van der Waals surface area contributed by atoms with Crippen molar-refractivity contribution in [3.8, 4) is 0 Å². The zero-order valence-corrected chi connectivity index (χ0v) is 18.8. The molecule has 2 saturated heterocycles. The number of aliphatic imine (C=N–C) groups is 1. The van der Waals surface area contributed by atoms with Crippen molar-refractivity contribution in [3.63, 3.8) is 0 Å². The number of guanidine groups is 1.